The van der Waals surface area contributed by atoms with E-state index in [0.29, 0.717) is 0 Å². The van der Waals surface area contributed by atoms with Crippen molar-refractivity contribution in [2.45, 2.75) is 20.8 Å². The highest BCUT2D eigenvalue weighted by atomic mass is 14.7. The summed E-state index contributed by atoms with van der Waals surface area (Å²) < 4.78 is 0. The lowest BCUT2D eigenvalue weighted by Gasteiger charge is -2.04. The third-order valence-corrected chi connectivity index (χ3v) is 1.71. The van der Waals surface area contributed by atoms with Gasteiger partial charge in [0.25, 0.3) is 0 Å². The van der Waals surface area contributed by atoms with E-state index in [1.54, 1.807) is 0 Å². The van der Waals surface area contributed by atoms with Gasteiger partial charge >= 0.3 is 0 Å². The SMILES string of the molecule is C=C(C)c1ccccc1N=C(C)C. The Hall–Kier alpha value is -1.37. The van der Waals surface area contributed by atoms with Crippen molar-refractivity contribution < 1.29 is 0 Å². The molecule has 0 aliphatic carbocycles. The molecule has 0 fully saturated rings. The maximum Gasteiger partial charge on any atom is 0.0703 e. The lowest BCUT2D eigenvalue weighted by molar-refractivity contribution is 1.44. The fourth-order valence-corrected chi connectivity index (χ4v) is 1.17. The van der Waals surface area contributed by atoms with Gasteiger partial charge in [-0.3, -0.25) is 4.99 Å². The number of aliphatic imine (C=N–C) groups is 1. The van der Waals surface area contributed by atoms with E-state index in [4.69, 9.17) is 0 Å². The highest BCUT2D eigenvalue weighted by Gasteiger charge is 1.99. The van der Waals surface area contributed by atoms with Crippen molar-refractivity contribution >= 4 is 17.0 Å². The zero-order chi connectivity index (χ0) is 9.84. The van der Waals surface area contributed by atoms with E-state index >= 15 is 0 Å². The molecule has 1 heteroatoms. The zero-order valence-corrected chi connectivity index (χ0v) is 8.46. The van der Waals surface area contributed by atoms with Crippen LogP contribution in [-0.4, -0.2) is 5.71 Å². The van der Waals surface area contributed by atoms with Crippen LogP contribution in [0, 0.1) is 0 Å². The second-order valence-corrected chi connectivity index (χ2v) is 3.36. The number of benzene rings is 1. The number of hydrogen-bond acceptors (Lipinski definition) is 1. The number of para-hydroxylation sites is 1. The summed E-state index contributed by atoms with van der Waals surface area (Å²) in [5, 5.41) is 0. The summed E-state index contributed by atoms with van der Waals surface area (Å²) >= 11 is 0. The average Bonchev–Trinajstić information content (AvgIpc) is 2.03. The summed E-state index contributed by atoms with van der Waals surface area (Å²) in [7, 11) is 0. The number of allylic oxidation sites excluding steroid dienone is 1. The minimum absolute atomic E-state index is 1.01. The van der Waals surface area contributed by atoms with Gasteiger partial charge in [0.15, 0.2) is 0 Å². The molecule has 0 amide bonds. The molecule has 0 aromatic heterocycles. The van der Waals surface area contributed by atoms with E-state index < -0.39 is 0 Å². The summed E-state index contributed by atoms with van der Waals surface area (Å²) in [5.41, 5.74) is 4.26. The van der Waals surface area contributed by atoms with E-state index in [1.807, 2.05) is 45.0 Å². The standard InChI is InChI=1S/C12H15N/c1-9(2)11-7-5-6-8-12(11)13-10(3)4/h5-8H,1H2,2-4H3. The van der Waals surface area contributed by atoms with E-state index in [1.165, 1.54) is 0 Å². The first kappa shape index (κ1) is 9.72. The molecular weight excluding hydrogens is 158 g/mol. The van der Waals surface area contributed by atoms with Crippen molar-refractivity contribution in [2.24, 2.45) is 4.99 Å². The molecule has 0 saturated heterocycles. The molecular formula is C12H15N. The molecule has 1 aromatic rings. The Morgan fingerprint density at radius 3 is 2.31 bits per heavy atom. The van der Waals surface area contributed by atoms with Crippen molar-refractivity contribution in [1.29, 1.82) is 0 Å². The third kappa shape index (κ3) is 2.55. The van der Waals surface area contributed by atoms with E-state index in [2.05, 4.69) is 11.6 Å². The van der Waals surface area contributed by atoms with E-state index in [9.17, 15) is 0 Å². The largest absolute Gasteiger partial charge is 0.258 e. The molecule has 0 heterocycles. The molecule has 0 aliphatic rings. The second kappa shape index (κ2) is 4.04. The molecule has 13 heavy (non-hydrogen) atoms. The van der Waals surface area contributed by atoms with Crippen LogP contribution in [0.25, 0.3) is 5.57 Å². The highest BCUT2D eigenvalue weighted by Crippen LogP contribution is 2.24. The Kier molecular flexibility index (Phi) is 3.02. The van der Waals surface area contributed by atoms with Gasteiger partial charge in [-0.25, -0.2) is 0 Å². The summed E-state index contributed by atoms with van der Waals surface area (Å²) in [5.74, 6) is 0. The molecule has 0 atom stereocenters. The van der Waals surface area contributed by atoms with Crippen LogP contribution < -0.4 is 0 Å². The van der Waals surface area contributed by atoms with Crippen molar-refractivity contribution in [3.8, 4) is 0 Å². The Morgan fingerprint density at radius 1 is 1.15 bits per heavy atom. The second-order valence-electron chi connectivity index (χ2n) is 3.36. The van der Waals surface area contributed by atoms with Crippen molar-refractivity contribution in [1.82, 2.24) is 0 Å². The molecule has 0 bridgehead atoms. The molecule has 1 nitrogen and oxygen atoms in total. The zero-order valence-electron chi connectivity index (χ0n) is 8.46. The topological polar surface area (TPSA) is 12.4 Å². The number of nitrogens with zero attached hydrogens (tertiary/aromatic N) is 1. The Bertz CT molecular complexity index is 344. The van der Waals surface area contributed by atoms with Crippen LogP contribution in [0.4, 0.5) is 5.69 Å². The summed E-state index contributed by atoms with van der Waals surface area (Å²) in [4.78, 5) is 4.44. The van der Waals surface area contributed by atoms with Gasteiger partial charge in [0.1, 0.15) is 0 Å². The molecule has 68 valence electrons. The van der Waals surface area contributed by atoms with Gasteiger partial charge in [0, 0.05) is 11.3 Å². The molecule has 0 unspecified atom stereocenters. The third-order valence-electron chi connectivity index (χ3n) is 1.71. The molecule has 0 saturated carbocycles. The predicted molar refractivity (Wildman–Crippen MR) is 59.6 cm³/mol. The fraction of sp³-hybridized carbons (Fsp3) is 0.250. The quantitative estimate of drug-likeness (QED) is 0.603. The number of hydrogen-bond donors (Lipinski definition) is 0. The van der Waals surface area contributed by atoms with Gasteiger partial charge in [-0.15, -0.1) is 0 Å². The normalized spacial score (nSPS) is 9.46. The predicted octanol–water partition coefficient (Wildman–Crippen LogP) is 3.83. The van der Waals surface area contributed by atoms with E-state index in [0.717, 1.165) is 22.5 Å². The lowest BCUT2D eigenvalue weighted by atomic mass is 10.1. The summed E-state index contributed by atoms with van der Waals surface area (Å²) in [6.45, 7) is 9.91. The van der Waals surface area contributed by atoms with Crippen molar-refractivity contribution in [3.05, 3.63) is 36.4 Å². The molecule has 1 rings (SSSR count). The van der Waals surface area contributed by atoms with Crippen molar-refractivity contribution in [3.63, 3.8) is 0 Å². The first-order chi connectivity index (χ1) is 6.11. The Morgan fingerprint density at radius 2 is 1.77 bits per heavy atom. The monoisotopic (exact) mass is 173 g/mol. The van der Waals surface area contributed by atoms with Crippen LogP contribution >= 0.6 is 0 Å². The Labute approximate surface area is 79.8 Å². The smallest absolute Gasteiger partial charge is 0.0703 e. The molecule has 0 aliphatic heterocycles. The van der Waals surface area contributed by atoms with Gasteiger partial charge < -0.3 is 0 Å². The molecule has 0 radical (unpaired) electrons. The Balaban J connectivity index is 3.20. The van der Waals surface area contributed by atoms with Gasteiger partial charge in [0.2, 0.25) is 0 Å². The maximum absolute atomic E-state index is 4.44. The fourth-order valence-electron chi connectivity index (χ4n) is 1.17. The van der Waals surface area contributed by atoms with Crippen molar-refractivity contribution in [2.75, 3.05) is 0 Å². The first-order valence-electron chi connectivity index (χ1n) is 4.38. The van der Waals surface area contributed by atoms with Crippen LogP contribution in [0.1, 0.15) is 26.3 Å². The minimum atomic E-state index is 1.01. The van der Waals surface area contributed by atoms with Gasteiger partial charge in [-0.05, 0) is 32.4 Å². The van der Waals surface area contributed by atoms with Gasteiger partial charge in [-0.2, -0.15) is 0 Å². The lowest BCUT2D eigenvalue weighted by Crippen LogP contribution is -1.83. The highest BCUT2D eigenvalue weighted by molar-refractivity contribution is 5.84. The van der Waals surface area contributed by atoms with Crippen LogP contribution in [0.3, 0.4) is 0 Å². The maximum atomic E-state index is 4.44. The summed E-state index contributed by atoms with van der Waals surface area (Å²) in [6, 6.07) is 8.06. The van der Waals surface area contributed by atoms with Crippen LogP contribution in [0.15, 0.2) is 35.8 Å². The minimum Gasteiger partial charge on any atom is -0.258 e. The van der Waals surface area contributed by atoms with Crippen LogP contribution in [0.5, 0.6) is 0 Å². The van der Waals surface area contributed by atoms with E-state index in [-0.39, 0.29) is 0 Å². The molecule has 0 N–H and O–H groups in total. The molecule has 1 aromatic carbocycles. The van der Waals surface area contributed by atoms with Gasteiger partial charge in [0.05, 0.1) is 5.69 Å². The molecule has 0 spiro atoms. The van der Waals surface area contributed by atoms with Crippen LogP contribution in [0.2, 0.25) is 0 Å². The first-order valence-corrected chi connectivity index (χ1v) is 4.38. The summed E-state index contributed by atoms with van der Waals surface area (Å²) in [6.07, 6.45) is 0. The number of rotatable bonds is 2. The van der Waals surface area contributed by atoms with Gasteiger partial charge in [-0.1, -0.05) is 24.8 Å². The average molecular weight is 173 g/mol. The van der Waals surface area contributed by atoms with Crippen LogP contribution in [-0.2, 0) is 0 Å².